The number of nitrogens with one attached hydrogen (secondary N) is 2. The van der Waals surface area contributed by atoms with Crippen molar-refractivity contribution in [2.24, 2.45) is 11.3 Å². The lowest BCUT2D eigenvalue weighted by molar-refractivity contribution is -0.124. The average Bonchev–Trinajstić information content (AvgIpc) is 3.01. The molecule has 0 saturated heterocycles. The summed E-state index contributed by atoms with van der Waals surface area (Å²) in [6.07, 6.45) is 2.55. The minimum atomic E-state index is -0.460. The molecule has 6 heteroatoms. The summed E-state index contributed by atoms with van der Waals surface area (Å²) in [6, 6.07) is 19.5. The number of ketones is 2. The average molecular weight is 483 g/mol. The first-order valence-corrected chi connectivity index (χ1v) is 12.2. The Balaban J connectivity index is 1.61. The smallest absolute Gasteiger partial charge is 0.193 e. The monoisotopic (exact) mass is 482 g/mol. The van der Waals surface area contributed by atoms with Crippen LogP contribution in [0.4, 0.5) is 11.4 Å². The first-order chi connectivity index (χ1) is 17.3. The minimum absolute atomic E-state index is 0.0590. The number of fused-ring (bicyclic) bond motifs is 2. The van der Waals surface area contributed by atoms with Gasteiger partial charge in [0.05, 0.1) is 29.9 Å². The van der Waals surface area contributed by atoms with E-state index in [0.717, 1.165) is 22.6 Å². The molecule has 2 atom stereocenters. The predicted molar refractivity (Wildman–Crippen MR) is 141 cm³/mol. The second kappa shape index (κ2) is 9.19. The molecular weight excluding hydrogens is 452 g/mol. The summed E-state index contributed by atoms with van der Waals surface area (Å²) in [5.74, 6) is 0.0435. The fourth-order valence-corrected chi connectivity index (χ4v) is 5.12. The third-order valence-corrected chi connectivity index (χ3v) is 6.74. The van der Waals surface area contributed by atoms with Crippen LogP contribution in [-0.4, -0.2) is 23.3 Å². The van der Waals surface area contributed by atoms with E-state index in [9.17, 15) is 14.7 Å². The number of carbonyl (C=O) groups excluding carboxylic acids is 2. The second-order valence-electron chi connectivity index (χ2n) is 10.1. The number of ether oxygens (including phenoxy) is 1. The molecule has 0 aromatic heterocycles. The van der Waals surface area contributed by atoms with Crippen molar-refractivity contribution in [2.45, 2.75) is 33.2 Å². The summed E-state index contributed by atoms with van der Waals surface area (Å²) in [7, 11) is 0. The van der Waals surface area contributed by atoms with Crippen LogP contribution in [0.1, 0.15) is 54.7 Å². The number of allylic oxidation sites excluding steroid dienone is 1. The molecule has 5 rings (SSSR count). The predicted octanol–water partition coefficient (Wildman–Crippen LogP) is 6.10. The van der Waals surface area contributed by atoms with Gasteiger partial charge in [-0.2, -0.15) is 0 Å². The number of benzene rings is 3. The van der Waals surface area contributed by atoms with Gasteiger partial charge in [0.15, 0.2) is 17.3 Å². The van der Waals surface area contributed by atoms with Crippen LogP contribution in [0.3, 0.4) is 0 Å². The van der Waals surface area contributed by atoms with Gasteiger partial charge in [-0.1, -0.05) is 56.3 Å². The van der Waals surface area contributed by atoms with Crippen molar-refractivity contribution in [3.8, 4) is 11.5 Å². The van der Waals surface area contributed by atoms with E-state index in [1.54, 1.807) is 30.3 Å². The highest BCUT2D eigenvalue weighted by atomic mass is 16.5. The zero-order valence-electron chi connectivity index (χ0n) is 20.7. The number of hydrogen-bond donors (Lipinski definition) is 3. The first-order valence-electron chi connectivity index (χ1n) is 12.2. The van der Waals surface area contributed by atoms with Gasteiger partial charge in [0.2, 0.25) is 0 Å². The van der Waals surface area contributed by atoms with Gasteiger partial charge in [-0.3, -0.25) is 9.59 Å². The lowest BCUT2D eigenvalue weighted by atomic mass is 9.72. The van der Waals surface area contributed by atoms with Crippen LogP contribution in [0.15, 0.2) is 78.5 Å². The lowest BCUT2D eigenvalue weighted by Crippen LogP contribution is -2.36. The molecule has 2 aliphatic rings. The zero-order chi connectivity index (χ0) is 25.4. The fourth-order valence-electron chi connectivity index (χ4n) is 5.12. The van der Waals surface area contributed by atoms with E-state index in [2.05, 4.69) is 16.7 Å². The third-order valence-electron chi connectivity index (χ3n) is 6.74. The molecule has 3 N–H and O–H groups in total. The summed E-state index contributed by atoms with van der Waals surface area (Å²) >= 11 is 0. The van der Waals surface area contributed by atoms with E-state index < -0.39 is 5.92 Å². The van der Waals surface area contributed by atoms with Crippen LogP contribution in [0.25, 0.3) is 0 Å². The van der Waals surface area contributed by atoms with Crippen molar-refractivity contribution in [1.82, 2.24) is 0 Å². The van der Waals surface area contributed by atoms with Crippen LogP contribution in [0.2, 0.25) is 0 Å². The standard InChI is InChI=1S/C30H30N2O4/c1-4-36-26-15-19(11-13-24(26)33)28-27-23(16-30(2,3)17-25(27)34)31-22-14-20(10-12-21(22)32-28)29(35)18-8-6-5-7-9-18/h5-16,27-28,31-33H,4,17H2,1-3H3/t27-,28-/m0/s1. The van der Waals surface area contributed by atoms with Crippen molar-refractivity contribution in [3.05, 3.63) is 95.2 Å². The number of hydrogen-bond acceptors (Lipinski definition) is 6. The second-order valence-corrected chi connectivity index (χ2v) is 10.1. The van der Waals surface area contributed by atoms with E-state index >= 15 is 0 Å². The normalized spacial score (nSPS) is 20.1. The Morgan fingerprint density at radius 3 is 2.56 bits per heavy atom. The van der Waals surface area contributed by atoms with E-state index in [0.29, 0.717) is 29.9 Å². The number of phenolic OH excluding ortho intramolecular Hbond substituents is 1. The lowest BCUT2D eigenvalue weighted by Gasteiger charge is -2.35. The summed E-state index contributed by atoms with van der Waals surface area (Å²) in [5.41, 5.74) is 4.06. The molecule has 3 aromatic rings. The molecule has 1 heterocycles. The Labute approximate surface area is 211 Å². The Hall–Kier alpha value is -4.06. The summed E-state index contributed by atoms with van der Waals surface area (Å²) < 4.78 is 5.62. The molecule has 0 amide bonds. The van der Waals surface area contributed by atoms with Crippen molar-refractivity contribution >= 4 is 22.9 Å². The van der Waals surface area contributed by atoms with Crippen LogP contribution >= 0.6 is 0 Å². The van der Waals surface area contributed by atoms with Crippen molar-refractivity contribution in [2.75, 3.05) is 17.2 Å². The molecule has 0 saturated carbocycles. The van der Waals surface area contributed by atoms with Gasteiger partial charge >= 0.3 is 0 Å². The van der Waals surface area contributed by atoms with Crippen molar-refractivity contribution < 1.29 is 19.4 Å². The number of carbonyl (C=O) groups is 2. The minimum Gasteiger partial charge on any atom is -0.504 e. The molecule has 1 aliphatic heterocycles. The Morgan fingerprint density at radius 1 is 1.03 bits per heavy atom. The van der Waals surface area contributed by atoms with Crippen LogP contribution in [-0.2, 0) is 4.79 Å². The maximum atomic E-state index is 13.5. The molecule has 3 aromatic carbocycles. The highest BCUT2D eigenvalue weighted by Gasteiger charge is 2.42. The molecule has 0 fully saturated rings. The Morgan fingerprint density at radius 2 is 1.81 bits per heavy atom. The van der Waals surface area contributed by atoms with Crippen LogP contribution in [0.5, 0.6) is 11.5 Å². The zero-order valence-corrected chi connectivity index (χ0v) is 20.7. The number of aromatic hydroxyl groups is 1. The molecule has 0 radical (unpaired) electrons. The van der Waals surface area contributed by atoms with Gasteiger partial charge in [0.1, 0.15) is 5.78 Å². The van der Waals surface area contributed by atoms with Crippen LogP contribution in [0, 0.1) is 11.3 Å². The summed E-state index contributed by atoms with van der Waals surface area (Å²) in [4.78, 5) is 26.6. The molecular formula is C30H30N2O4. The van der Waals surface area contributed by atoms with Gasteiger partial charge < -0.3 is 20.5 Å². The maximum absolute atomic E-state index is 13.5. The van der Waals surface area contributed by atoms with Crippen molar-refractivity contribution in [1.29, 1.82) is 0 Å². The quantitative estimate of drug-likeness (QED) is 0.381. The molecule has 6 nitrogen and oxygen atoms in total. The molecule has 36 heavy (non-hydrogen) atoms. The number of rotatable bonds is 5. The Kier molecular flexibility index (Phi) is 6.04. The highest BCUT2D eigenvalue weighted by molar-refractivity contribution is 6.10. The van der Waals surface area contributed by atoms with Gasteiger partial charge in [0, 0.05) is 23.2 Å². The summed E-state index contributed by atoms with van der Waals surface area (Å²) in [5, 5.41) is 17.3. The highest BCUT2D eigenvalue weighted by Crippen LogP contribution is 2.46. The maximum Gasteiger partial charge on any atom is 0.193 e. The first kappa shape index (κ1) is 23.7. The van der Waals surface area contributed by atoms with E-state index in [-0.39, 0.29) is 28.8 Å². The molecule has 0 spiro atoms. The number of phenols is 1. The van der Waals surface area contributed by atoms with Gasteiger partial charge in [-0.25, -0.2) is 0 Å². The number of anilines is 2. The SMILES string of the molecule is CCOc1cc([C@@H]2Nc3ccc(C(=O)c4ccccc4)cc3NC3=CC(C)(C)CC(=O)[C@H]32)ccc1O. The van der Waals surface area contributed by atoms with E-state index in [1.807, 2.05) is 57.2 Å². The van der Waals surface area contributed by atoms with Gasteiger partial charge in [0.25, 0.3) is 0 Å². The third kappa shape index (κ3) is 4.47. The van der Waals surface area contributed by atoms with Gasteiger partial charge in [-0.15, -0.1) is 0 Å². The number of Topliss-reactive ketones (excluding diaryl/α,β-unsaturated/α-hetero) is 1. The fraction of sp³-hybridized carbons (Fsp3) is 0.267. The summed E-state index contributed by atoms with van der Waals surface area (Å²) in [6.45, 7) is 6.37. The molecule has 184 valence electrons. The largest absolute Gasteiger partial charge is 0.504 e. The van der Waals surface area contributed by atoms with Crippen LogP contribution < -0.4 is 15.4 Å². The topological polar surface area (TPSA) is 87.7 Å². The Bertz CT molecular complexity index is 1360. The van der Waals surface area contributed by atoms with Gasteiger partial charge in [-0.05, 0) is 48.2 Å². The van der Waals surface area contributed by atoms with E-state index in [1.165, 1.54) is 0 Å². The van der Waals surface area contributed by atoms with Crippen molar-refractivity contribution in [3.63, 3.8) is 0 Å². The molecule has 1 aliphatic carbocycles. The molecule has 0 unspecified atom stereocenters. The van der Waals surface area contributed by atoms with E-state index in [4.69, 9.17) is 4.74 Å². The molecule has 0 bridgehead atoms.